The molecule has 0 spiro atoms. The van der Waals surface area contributed by atoms with Crippen LogP contribution in [0.15, 0.2) is 61.3 Å². The fourth-order valence-electron chi connectivity index (χ4n) is 2.58. The van der Waals surface area contributed by atoms with Gasteiger partial charge in [-0.15, -0.1) is 13.2 Å². The minimum atomic E-state index is -1.47. The third-order valence-electron chi connectivity index (χ3n) is 3.67. The van der Waals surface area contributed by atoms with E-state index in [0.29, 0.717) is 0 Å². The molecule has 0 saturated carbocycles. The highest BCUT2D eigenvalue weighted by atomic mass is 28.3. The Kier molecular flexibility index (Phi) is 5.96. The molecule has 1 aromatic rings. The molecule has 0 heterocycles. The molecule has 108 valence electrons. The van der Waals surface area contributed by atoms with E-state index >= 15 is 0 Å². The van der Waals surface area contributed by atoms with E-state index in [2.05, 4.69) is 87.5 Å². The van der Waals surface area contributed by atoms with Crippen molar-refractivity contribution < 1.29 is 0 Å². The smallest absolute Gasteiger partial charge is 0.0841 e. The predicted octanol–water partition coefficient (Wildman–Crippen LogP) is 5.94. The summed E-state index contributed by atoms with van der Waals surface area (Å²) >= 11 is 0. The summed E-state index contributed by atoms with van der Waals surface area (Å²) in [5.41, 5.74) is 4.01. The van der Waals surface area contributed by atoms with Crippen molar-refractivity contribution >= 4 is 21.3 Å². The number of hydrogen-bond acceptors (Lipinski definition) is 0. The molecule has 0 amide bonds. The summed E-state index contributed by atoms with van der Waals surface area (Å²) in [6.45, 7) is 17.6. The van der Waals surface area contributed by atoms with E-state index in [-0.39, 0.29) is 0 Å². The van der Waals surface area contributed by atoms with Gasteiger partial charge in [0.15, 0.2) is 0 Å². The van der Waals surface area contributed by atoms with Crippen LogP contribution in [0.4, 0.5) is 0 Å². The Morgan fingerprint density at radius 2 is 1.50 bits per heavy atom. The number of benzene rings is 1. The maximum Gasteiger partial charge on any atom is 0.0841 e. The zero-order valence-electron chi connectivity index (χ0n) is 13.4. The molecule has 0 aliphatic carbocycles. The second-order valence-electron chi connectivity index (χ2n) is 6.78. The molecule has 0 saturated heterocycles. The number of rotatable bonds is 7. The average Bonchev–Trinajstić information content (AvgIpc) is 2.37. The lowest BCUT2D eigenvalue weighted by molar-refractivity contribution is 1.52. The van der Waals surface area contributed by atoms with Gasteiger partial charge in [0.05, 0.1) is 16.1 Å². The van der Waals surface area contributed by atoms with Crippen LogP contribution in [0.25, 0.3) is 5.20 Å². The molecule has 0 fully saturated rings. The van der Waals surface area contributed by atoms with Crippen molar-refractivity contribution in [1.29, 1.82) is 0 Å². The second kappa shape index (κ2) is 7.05. The molecule has 1 rings (SSSR count). The van der Waals surface area contributed by atoms with Crippen molar-refractivity contribution in [2.75, 3.05) is 0 Å². The van der Waals surface area contributed by atoms with Crippen molar-refractivity contribution in [2.45, 2.75) is 38.3 Å². The van der Waals surface area contributed by atoms with Gasteiger partial charge in [-0.3, -0.25) is 0 Å². The average molecular weight is 301 g/mol. The Bertz CT molecular complexity index is 481. The summed E-state index contributed by atoms with van der Waals surface area (Å²) in [4.78, 5) is 0. The van der Waals surface area contributed by atoms with Gasteiger partial charge in [0, 0.05) is 0 Å². The van der Waals surface area contributed by atoms with Crippen LogP contribution in [0.1, 0.15) is 5.56 Å². The zero-order chi connectivity index (χ0) is 15.2. The van der Waals surface area contributed by atoms with Gasteiger partial charge in [0.1, 0.15) is 0 Å². The Balaban J connectivity index is 3.32. The minimum Gasteiger partial charge on any atom is -0.103 e. The molecule has 0 bridgehead atoms. The summed E-state index contributed by atoms with van der Waals surface area (Å²) in [5.74, 6) is 0. The lowest BCUT2D eigenvalue weighted by Crippen LogP contribution is -2.31. The highest BCUT2D eigenvalue weighted by Crippen LogP contribution is 2.32. The third-order valence-corrected chi connectivity index (χ3v) is 9.57. The third kappa shape index (κ3) is 4.76. The summed E-state index contributed by atoms with van der Waals surface area (Å²) in [6.07, 6.45) is 4.17. The quantitative estimate of drug-likeness (QED) is 0.432. The fraction of sp³-hybridized carbons (Fsp3) is 0.333. The van der Waals surface area contributed by atoms with Gasteiger partial charge >= 0.3 is 0 Å². The molecule has 0 nitrogen and oxygen atoms in total. The van der Waals surface area contributed by atoms with E-state index in [0.717, 1.165) is 12.1 Å². The number of hydrogen-bond donors (Lipinski definition) is 0. The molecule has 20 heavy (non-hydrogen) atoms. The van der Waals surface area contributed by atoms with Gasteiger partial charge in [0.25, 0.3) is 0 Å². The van der Waals surface area contributed by atoms with Crippen LogP contribution in [0, 0.1) is 0 Å². The molecule has 0 atom stereocenters. The Morgan fingerprint density at radius 3 is 2.00 bits per heavy atom. The van der Waals surface area contributed by atoms with Crippen LogP contribution in [-0.4, -0.2) is 16.1 Å². The van der Waals surface area contributed by atoms with Crippen molar-refractivity contribution in [3.63, 3.8) is 0 Å². The van der Waals surface area contributed by atoms with E-state index in [4.69, 9.17) is 0 Å². The molecule has 0 aliphatic heterocycles. The molecule has 2 heteroatoms. The zero-order valence-corrected chi connectivity index (χ0v) is 15.4. The van der Waals surface area contributed by atoms with Crippen LogP contribution in [-0.2, 0) is 0 Å². The largest absolute Gasteiger partial charge is 0.103 e. The lowest BCUT2D eigenvalue weighted by Gasteiger charge is -2.29. The Labute approximate surface area is 127 Å². The summed E-state index contributed by atoms with van der Waals surface area (Å²) in [7, 11) is -2.84. The maximum absolute atomic E-state index is 3.96. The summed E-state index contributed by atoms with van der Waals surface area (Å²) in [6, 6.07) is 13.2. The molecule has 0 aliphatic rings. The van der Waals surface area contributed by atoms with E-state index in [1.165, 1.54) is 5.56 Å². The van der Waals surface area contributed by atoms with Crippen LogP contribution in [0.5, 0.6) is 0 Å². The molecule has 0 radical (unpaired) electrons. The molecule has 0 unspecified atom stereocenters. The molecule has 0 aromatic heterocycles. The van der Waals surface area contributed by atoms with Gasteiger partial charge in [-0.25, -0.2) is 0 Å². The Hall–Kier alpha value is -1.13. The van der Waals surface area contributed by atoms with Crippen molar-refractivity contribution in [3.8, 4) is 0 Å². The van der Waals surface area contributed by atoms with Gasteiger partial charge in [0.2, 0.25) is 0 Å². The van der Waals surface area contributed by atoms with Gasteiger partial charge in [-0.2, -0.15) is 0 Å². The Morgan fingerprint density at radius 1 is 0.950 bits per heavy atom. The van der Waals surface area contributed by atoms with Crippen molar-refractivity contribution in [3.05, 3.63) is 66.9 Å². The van der Waals surface area contributed by atoms with Gasteiger partial charge < -0.3 is 0 Å². The monoisotopic (exact) mass is 300 g/mol. The molecule has 1 aromatic carbocycles. The van der Waals surface area contributed by atoms with Crippen LogP contribution >= 0.6 is 0 Å². The van der Waals surface area contributed by atoms with Crippen LogP contribution in [0.2, 0.25) is 38.3 Å². The van der Waals surface area contributed by atoms with Crippen molar-refractivity contribution in [2.24, 2.45) is 0 Å². The number of allylic oxidation sites excluding steroid dienone is 2. The van der Waals surface area contributed by atoms with E-state index in [1.807, 2.05) is 0 Å². The van der Waals surface area contributed by atoms with Crippen LogP contribution < -0.4 is 0 Å². The summed E-state index contributed by atoms with van der Waals surface area (Å²) < 4.78 is 0. The standard InChI is InChI=1S/C18H28Si2/c1-7-14-19(3,4)16-18(20(5,6)15-8-2)17-12-10-9-11-13-17/h7-13,16H,1-2,14-15H2,3-6H3/b18-16+. The topological polar surface area (TPSA) is 0 Å². The van der Waals surface area contributed by atoms with E-state index in [9.17, 15) is 0 Å². The summed E-state index contributed by atoms with van der Waals surface area (Å²) in [5, 5.41) is 1.59. The first-order valence-corrected chi connectivity index (χ1v) is 13.8. The van der Waals surface area contributed by atoms with Gasteiger partial charge in [-0.1, -0.05) is 79.6 Å². The maximum atomic E-state index is 3.96. The highest BCUT2D eigenvalue weighted by molar-refractivity contribution is 6.98. The predicted molar refractivity (Wildman–Crippen MR) is 99.4 cm³/mol. The first-order valence-electron chi connectivity index (χ1n) is 7.33. The van der Waals surface area contributed by atoms with E-state index < -0.39 is 16.1 Å². The molecular weight excluding hydrogens is 272 g/mol. The lowest BCUT2D eigenvalue weighted by atomic mass is 10.2. The molecule has 0 N–H and O–H groups in total. The van der Waals surface area contributed by atoms with Crippen molar-refractivity contribution in [1.82, 2.24) is 0 Å². The van der Waals surface area contributed by atoms with Crippen LogP contribution in [0.3, 0.4) is 0 Å². The first kappa shape index (κ1) is 16.9. The second-order valence-corrected chi connectivity index (χ2v) is 16.2. The molecular formula is C18H28Si2. The highest BCUT2D eigenvalue weighted by Gasteiger charge is 2.28. The normalized spacial score (nSPS) is 13.1. The first-order chi connectivity index (χ1) is 9.32. The SMILES string of the molecule is C=CC[Si](C)(C)/C=C(\c1ccccc1)[Si](C)(C)CC=C. The van der Waals surface area contributed by atoms with E-state index in [1.54, 1.807) is 5.20 Å². The minimum absolute atomic E-state index is 1.13. The fourth-order valence-corrected chi connectivity index (χ4v) is 9.01. The van der Waals surface area contributed by atoms with Gasteiger partial charge in [-0.05, 0) is 17.7 Å².